The quantitative estimate of drug-likeness (QED) is 0.638. The Hall–Kier alpha value is -1.59. The molecule has 6 heteroatoms. The first-order valence-corrected chi connectivity index (χ1v) is 13.0. The average molecular weight is 460 g/mol. The third-order valence-corrected chi connectivity index (χ3v) is 8.05. The van der Waals surface area contributed by atoms with Gasteiger partial charge in [-0.15, -0.1) is 0 Å². The smallest absolute Gasteiger partial charge is 0.246 e. The van der Waals surface area contributed by atoms with Crippen molar-refractivity contribution in [3.8, 4) is 0 Å². The molecule has 32 heavy (non-hydrogen) atoms. The molecule has 1 aromatic rings. The standard InChI is InChI=1S/C26H38ClN3O2/c1-2-3-14-30-24(31)23(18-20-8-5-4-6-9-20)28-25(32)26(30)12-15-29(16-13-26)19-21-10-7-11-22(27)17-21/h7,10-11,17,20,23H,2-6,8-9,12-16,18-19H2,1H3,(H,28,32)/t23-/m0/s1. The van der Waals surface area contributed by atoms with E-state index in [1.165, 1.54) is 37.7 Å². The van der Waals surface area contributed by atoms with Crippen molar-refractivity contribution < 1.29 is 9.59 Å². The molecule has 5 nitrogen and oxygen atoms in total. The summed E-state index contributed by atoms with van der Waals surface area (Å²) in [6.45, 7) is 5.28. The first-order valence-electron chi connectivity index (χ1n) is 12.6. The Morgan fingerprint density at radius 1 is 1.12 bits per heavy atom. The van der Waals surface area contributed by atoms with Crippen LogP contribution in [0.2, 0.25) is 5.02 Å². The number of hydrogen-bond donors (Lipinski definition) is 1. The first kappa shape index (κ1) is 23.6. The highest BCUT2D eigenvalue weighted by atomic mass is 35.5. The fourth-order valence-electron chi connectivity index (χ4n) is 5.90. The molecule has 0 radical (unpaired) electrons. The van der Waals surface area contributed by atoms with E-state index in [4.69, 9.17) is 11.6 Å². The van der Waals surface area contributed by atoms with Crippen LogP contribution in [0.25, 0.3) is 0 Å². The van der Waals surface area contributed by atoms with Gasteiger partial charge in [-0.25, -0.2) is 0 Å². The van der Waals surface area contributed by atoms with Gasteiger partial charge in [0, 0.05) is 31.2 Å². The lowest BCUT2D eigenvalue weighted by Gasteiger charge is -2.52. The number of nitrogens with one attached hydrogen (secondary N) is 1. The predicted molar refractivity (Wildman–Crippen MR) is 128 cm³/mol. The molecule has 2 amide bonds. The molecule has 3 fully saturated rings. The van der Waals surface area contributed by atoms with Gasteiger partial charge in [0.2, 0.25) is 11.8 Å². The maximum Gasteiger partial charge on any atom is 0.246 e. The van der Waals surface area contributed by atoms with Crippen LogP contribution in [0.3, 0.4) is 0 Å². The number of benzene rings is 1. The van der Waals surface area contributed by atoms with Gasteiger partial charge in [0.1, 0.15) is 11.6 Å². The topological polar surface area (TPSA) is 52.7 Å². The maximum atomic E-state index is 13.6. The van der Waals surface area contributed by atoms with Crippen LogP contribution in [0.4, 0.5) is 0 Å². The molecule has 2 aliphatic heterocycles. The normalized spacial score (nSPS) is 24.7. The van der Waals surface area contributed by atoms with Crippen LogP contribution in [0, 0.1) is 5.92 Å². The zero-order valence-electron chi connectivity index (χ0n) is 19.5. The number of carbonyl (C=O) groups is 2. The molecular formula is C26H38ClN3O2. The Labute approximate surface area is 197 Å². The van der Waals surface area contributed by atoms with Gasteiger partial charge < -0.3 is 10.2 Å². The van der Waals surface area contributed by atoms with E-state index in [1.54, 1.807) is 0 Å². The van der Waals surface area contributed by atoms with Gasteiger partial charge in [0.05, 0.1) is 0 Å². The Bertz CT molecular complexity index is 800. The monoisotopic (exact) mass is 459 g/mol. The number of nitrogens with zero attached hydrogens (tertiary/aromatic N) is 2. The molecule has 1 saturated carbocycles. The van der Waals surface area contributed by atoms with Crippen molar-refractivity contribution >= 4 is 23.4 Å². The van der Waals surface area contributed by atoms with Crippen LogP contribution in [0.5, 0.6) is 0 Å². The summed E-state index contributed by atoms with van der Waals surface area (Å²) in [5.41, 5.74) is 0.508. The highest BCUT2D eigenvalue weighted by molar-refractivity contribution is 6.30. The molecule has 1 aliphatic carbocycles. The average Bonchev–Trinajstić information content (AvgIpc) is 2.80. The minimum absolute atomic E-state index is 0.0800. The molecular weight excluding hydrogens is 422 g/mol. The number of amides is 2. The summed E-state index contributed by atoms with van der Waals surface area (Å²) in [6, 6.07) is 7.64. The SMILES string of the molecule is CCCCN1C(=O)[C@H](CC2CCCCC2)NC(=O)C12CCN(Cc1cccc(Cl)c1)CC2. The van der Waals surface area contributed by atoms with Crippen LogP contribution in [0.15, 0.2) is 24.3 Å². The van der Waals surface area contributed by atoms with Crippen molar-refractivity contribution in [1.82, 2.24) is 15.1 Å². The predicted octanol–water partition coefficient (Wildman–Crippen LogP) is 4.77. The number of likely N-dealkylation sites (tertiary alicyclic amines) is 1. The number of unbranched alkanes of at least 4 members (excludes halogenated alkanes) is 1. The molecule has 3 aliphatic rings. The molecule has 1 spiro atoms. The molecule has 4 rings (SSSR count). The summed E-state index contributed by atoms with van der Waals surface area (Å²) >= 11 is 6.15. The van der Waals surface area contributed by atoms with Crippen molar-refractivity contribution in [3.05, 3.63) is 34.9 Å². The fourth-order valence-corrected chi connectivity index (χ4v) is 6.12. The number of piperidine rings is 1. The Balaban J connectivity index is 1.44. The van der Waals surface area contributed by atoms with Crippen LogP contribution >= 0.6 is 11.6 Å². The van der Waals surface area contributed by atoms with E-state index in [-0.39, 0.29) is 17.9 Å². The molecule has 2 saturated heterocycles. The second kappa shape index (κ2) is 10.6. The molecule has 1 aromatic carbocycles. The fraction of sp³-hybridized carbons (Fsp3) is 0.692. The molecule has 0 bridgehead atoms. The van der Waals surface area contributed by atoms with Crippen LogP contribution in [-0.2, 0) is 16.1 Å². The number of rotatable bonds is 7. The van der Waals surface area contributed by atoms with Crippen LogP contribution in [-0.4, -0.2) is 52.8 Å². The van der Waals surface area contributed by atoms with Crippen molar-refractivity contribution in [3.63, 3.8) is 0 Å². The van der Waals surface area contributed by atoms with Gasteiger partial charge in [-0.05, 0) is 49.3 Å². The molecule has 2 heterocycles. The van der Waals surface area contributed by atoms with Crippen molar-refractivity contribution in [2.75, 3.05) is 19.6 Å². The van der Waals surface area contributed by atoms with Gasteiger partial charge >= 0.3 is 0 Å². The van der Waals surface area contributed by atoms with Gasteiger partial charge in [0.15, 0.2) is 0 Å². The highest BCUT2D eigenvalue weighted by Gasteiger charge is 2.53. The van der Waals surface area contributed by atoms with Gasteiger partial charge in [0.25, 0.3) is 0 Å². The third-order valence-electron chi connectivity index (χ3n) is 7.82. The van der Waals surface area contributed by atoms with Crippen molar-refractivity contribution in [2.24, 2.45) is 5.92 Å². The lowest BCUT2D eigenvalue weighted by atomic mass is 9.79. The van der Waals surface area contributed by atoms with E-state index in [9.17, 15) is 9.59 Å². The zero-order chi connectivity index (χ0) is 22.6. The van der Waals surface area contributed by atoms with E-state index < -0.39 is 5.54 Å². The number of piperazine rings is 1. The summed E-state index contributed by atoms with van der Waals surface area (Å²) in [5.74, 6) is 0.808. The van der Waals surface area contributed by atoms with Crippen LogP contribution in [0.1, 0.15) is 76.7 Å². The third kappa shape index (κ3) is 5.14. The minimum atomic E-state index is -0.680. The summed E-state index contributed by atoms with van der Waals surface area (Å²) in [5, 5.41) is 3.94. The first-order chi connectivity index (χ1) is 15.5. The van der Waals surface area contributed by atoms with Gasteiger partial charge in [-0.2, -0.15) is 0 Å². The van der Waals surface area contributed by atoms with Gasteiger partial charge in [-0.3, -0.25) is 14.5 Å². The Kier molecular flexibility index (Phi) is 7.78. The van der Waals surface area contributed by atoms with E-state index in [1.807, 2.05) is 23.1 Å². The van der Waals surface area contributed by atoms with Gasteiger partial charge in [-0.1, -0.05) is 69.2 Å². The summed E-state index contributed by atoms with van der Waals surface area (Å²) in [4.78, 5) is 31.5. The second-order valence-corrected chi connectivity index (χ2v) is 10.5. The Morgan fingerprint density at radius 2 is 1.88 bits per heavy atom. The summed E-state index contributed by atoms with van der Waals surface area (Å²) < 4.78 is 0. The highest BCUT2D eigenvalue weighted by Crippen LogP contribution is 2.36. The lowest BCUT2D eigenvalue weighted by molar-refractivity contribution is -0.162. The van der Waals surface area contributed by atoms with Crippen molar-refractivity contribution in [2.45, 2.75) is 89.3 Å². The molecule has 1 atom stereocenters. The van der Waals surface area contributed by atoms with Crippen molar-refractivity contribution in [1.29, 1.82) is 0 Å². The number of hydrogen-bond acceptors (Lipinski definition) is 3. The lowest BCUT2D eigenvalue weighted by Crippen LogP contribution is -2.73. The van der Waals surface area contributed by atoms with E-state index >= 15 is 0 Å². The minimum Gasteiger partial charge on any atom is -0.342 e. The van der Waals surface area contributed by atoms with E-state index in [0.717, 1.165) is 43.9 Å². The van der Waals surface area contributed by atoms with E-state index in [2.05, 4.69) is 23.2 Å². The summed E-state index contributed by atoms with van der Waals surface area (Å²) in [6.07, 6.45) is 10.4. The number of carbonyl (C=O) groups excluding carboxylic acids is 2. The second-order valence-electron chi connectivity index (χ2n) is 10.0. The molecule has 0 aromatic heterocycles. The Morgan fingerprint density at radius 3 is 2.56 bits per heavy atom. The number of halogens is 1. The molecule has 1 N–H and O–H groups in total. The zero-order valence-corrected chi connectivity index (χ0v) is 20.2. The largest absolute Gasteiger partial charge is 0.342 e. The maximum absolute atomic E-state index is 13.6. The van der Waals surface area contributed by atoms with E-state index in [0.29, 0.717) is 25.3 Å². The summed E-state index contributed by atoms with van der Waals surface area (Å²) in [7, 11) is 0. The molecule has 176 valence electrons. The van der Waals surface area contributed by atoms with Crippen LogP contribution < -0.4 is 5.32 Å². The molecule has 0 unspecified atom stereocenters.